The summed E-state index contributed by atoms with van der Waals surface area (Å²) in [4.78, 5) is 28.2. The number of fused-ring (bicyclic) bond motifs is 2. The molecule has 0 radical (unpaired) electrons. The average molecular weight is 562 g/mol. The maximum absolute atomic E-state index is 13.1. The fourth-order valence-corrected chi connectivity index (χ4v) is 7.26. The molecule has 35 heavy (non-hydrogen) atoms. The number of urea groups is 1. The number of dihydropyridines is 1. The molecule has 5 rings (SSSR count). The standard InChI is InChI=1S/C27H34BrClN4O2/c28-21-15-20-5-4-18-2-1-3-22(29)24(18)25(26(20)31-16-21)19-8-12-32(13-9-19)23(34)14-17-6-10-33(11-7-17)27(30)35/h1-3,15-17,19,25-26,31H,4-14H2,(H2,30,35). The number of allylic oxidation sites excluding steroid dienone is 2. The number of hydrogen-bond donors (Lipinski definition) is 2. The molecule has 2 atom stereocenters. The quantitative estimate of drug-likeness (QED) is 0.550. The summed E-state index contributed by atoms with van der Waals surface area (Å²) in [7, 11) is 0. The molecule has 0 saturated carbocycles. The Balaban J connectivity index is 1.26. The van der Waals surface area contributed by atoms with Crippen LogP contribution in [0.1, 0.15) is 55.6 Å². The van der Waals surface area contributed by atoms with E-state index in [4.69, 9.17) is 17.3 Å². The van der Waals surface area contributed by atoms with Crippen molar-refractivity contribution >= 4 is 39.5 Å². The van der Waals surface area contributed by atoms with Crippen molar-refractivity contribution in [3.05, 3.63) is 56.7 Å². The predicted octanol–water partition coefficient (Wildman–Crippen LogP) is 4.92. The van der Waals surface area contributed by atoms with Crippen molar-refractivity contribution in [2.24, 2.45) is 17.6 Å². The lowest BCUT2D eigenvalue weighted by molar-refractivity contribution is -0.134. The van der Waals surface area contributed by atoms with Crippen molar-refractivity contribution in [2.75, 3.05) is 26.2 Å². The van der Waals surface area contributed by atoms with Gasteiger partial charge in [0.1, 0.15) is 0 Å². The second-order valence-corrected chi connectivity index (χ2v) is 11.7. The number of benzene rings is 1. The number of hydrogen-bond acceptors (Lipinski definition) is 3. The highest BCUT2D eigenvalue weighted by Gasteiger charge is 2.40. The van der Waals surface area contributed by atoms with Crippen LogP contribution in [-0.4, -0.2) is 54.0 Å². The van der Waals surface area contributed by atoms with Gasteiger partial charge in [0.2, 0.25) is 5.91 Å². The zero-order valence-electron chi connectivity index (χ0n) is 20.0. The third-order valence-electron chi connectivity index (χ3n) is 8.43. The van der Waals surface area contributed by atoms with Crippen LogP contribution in [0.25, 0.3) is 0 Å². The van der Waals surface area contributed by atoms with Crippen molar-refractivity contribution in [3.63, 3.8) is 0 Å². The number of rotatable bonds is 3. The van der Waals surface area contributed by atoms with Crippen molar-refractivity contribution in [1.82, 2.24) is 15.1 Å². The minimum absolute atomic E-state index is 0.236. The van der Waals surface area contributed by atoms with Crippen LogP contribution in [0.4, 0.5) is 4.79 Å². The Morgan fingerprint density at radius 2 is 1.77 bits per heavy atom. The zero-order valence-corrected chi connectivity index (χ0v) is 22.4. The van der Waals surface area contributed by atoms with Crippen LogP contribution in [0.3, 0.4) is 0 Å². The number of nitrogens with one attached hydrogen (secondary N) is 1. The third kappa shape index (κ3) is 5.26. The van der Waals surface area contributed by atoms with Gasteiger partial charge in [-0.1, -0.05) is 23.7 Å². The molecule has 2 unspecified atom stereocenters. The molecule has 0 spiro atoms. The second kappa shape index (κ2) is 10.6. The smallest absolute Gasteiger partial charge is 0.314 e. The van der Waals surface area contributed by atoms with E-state index in [1.807, 2.05) is 6.07 Å². The van der Waals surface area contributed by atoms with E-state index in [9.17, 15) is 9.59 Å². The van der Waals surface area contributed by atoms with Gasteiger partial charge in [-0.3, -0.25) is 4.79 Å². The molecule has 4 aliphatic rings. The van der Waals surface area contributed by atoms with E-state index < -0.39 is 0 Å². The first-order chi connectivity index (χ1) is 16.9. The number of carbonyl (C=O) groups excluding carboxylic acids is 2. The predicted molar refractivity (Wildman–Crippen MR) is 142 cm³/mol. The van der Waals surface area contributed by atoms with Gasteiger partial charge in [0.15, 0.2) is 0 Å². The number of nitrogens with two attached hydrogens (primary N) is 1. The van der Waals surface area contributed by atoms with Crippen LogP contribution in [-0.2, 0) is 11.2 Å². The zero-order chi connectivity index (χ0) is 24.5. The van der Waals surface area contributed by atoms with Gasteiger partial charge in [-0.15, -0.1) is 0 Å². The lowest BCUT2D eigenvalue weighted by atomic mass is 9.73. The van der Waals surface area contributed by atoms with Gasteiger partial charge >= 0.3 is 6.03 Å². The first-order valence-corrected chi connectivity index (χ1v) is 14.0. The number of likely N-dealkylation sites (tertiary alicyclic amines) is 2. The van der Waals surface area contributed by atoms with E-state index in [0.29, 0.717) is 37.3 Å². The number of aryl methyl sites for hydroxylation is 1. The first-order valence-electron chi connectivity index (χ1n) is 12.8. The molecule has 3 heterocycles. The highest BCUT2D eigenvalue weighted by atomic mass is 79.9. The Morgan fingerprint density at radius 3 is 2.49 bits per heavy atom. The van der Waals surface area contributed by atoms with E-state index in [0.717, 1.165) is 61.1 Å². The molecular formula is C27H34BrClN4O2. The van der Waals surface area contributed by atoms with Gasteiger partial charge in [-0.05, 0) is 95.1 Å². The van der Waals surface area contributed by atoms with Crippen LogP contribution in [0, 0.1) is 11.8 Å². The molecule has 188 valence electrons. The summed E-state index contributed by atoms with van der Waals surface area (Å²) in [5, 5.41) is 4.54. The van der Waals surface area contributed by atoms with E-state index in [1.54, 1.807) is 4.90 Å². The number of piperidine rings is 2. The summed E-state index contributed by atoms with van der Waals surface area (Å²) in [6.07, 6.45) is 10.6. The first kappa shape index (κ1) is 24.7. The number of nitrogens with zero attached hydrogens (tertiary/aromatic N) is 2. The highest BCUT2D eigenvalue weighted by molar-refractivity contribution is 9.11. The number of amides is 3. The van der Waals surface area contributed by atoms with Crippen LogP contribution in [0.15, 0.2) is 40.5 Å². The van der Waals surface area contributed by atoms with Gasteiger partial charge in [-0.2, -0.15) is 0 Å². The molecule has 0 aromatic heterocycles. The minimum Gasteiger partial charge on any atom is -0.383 e. The summed E-state index contributed by atoms with van der Waals surface area (Å²) >= 11 is 10.5. The highest BCUT2D eigenvalue weighted by Crippen LogP contribution is 2.46. The topological polar surface area (TPSA) is 78.7 Å². The minimum atomic E-state index is -0.356. The molecule has 2 fully saturated rings. The number of carbonyl (C=O) groups is 2. The van der Waals surface area contributed by atoms with Crippen LogP contribution in [0.5, 0.6) is 0 Å². The van der Waals surface area contributed by atoms with Crippen LogP contribution in [0.2, 0.25) is 5.02 Å². The Kier molecular flexibility index (Phi) is 7.44. The van der Waals surface area contributed by atoms with Gasteiger partial charge < -0.3 is 20.9 Å². The normalized spacial score (nSPS) is 25.5. The molecule has 2 saturated heterocycles. The summed E-state index contributed by atoms with van der Waals surface area (Å²) in [5.41, 5.74) is 9.48. The molecular weight excluding hydrogens is 528 g/mol. The fraction of sp³-hybridized carbons (Fsp3) is 0.556. The Bertz CT molecular complexity index is 1040. The molecule has 0 bridgehead atoms. The maximum atomic E-state index is 13.1. The molecule has 3 amide bonds. The summed E-state index contributed by atoms with van der Waals surface area (Å²) in [5.74, 6) is 1.34. The van der Waals surface area contributed by atoms with Crippen molar-refractivity contribution in [2.45, 2.75) is 56.9 Å². The SMILES string of the molecule is NC(=O)N1CCC(CC(=O)N2CCC(C3c4c(Cl)cccc4CCC4=CC(Br)=CNC43)CC2)CC1. The van der Waals surface area contributed by atoms with Gasteiger partial charge in [0, 0.05) is 54.2 Å². The molecule has 1 aromatic rings. The Labute approximate surface area is 221 Å². The molecule has 1 aromatic carbocycles. The maximum Gasteiger partial charge on any atom is 0.314 e. The van der Waals surface area contributed by atoms with Crippen molar-refractivity contribution in [3.8, 4) is 0 Å². The molecule has 8 heteroatoms. The van der Waals surface area contributed by atoms with Crippen molar-refractivity contribution < 1.29 is 9.59 Å². The molecule has 1 aliphatic carbocycles. The van der Waals surface area contributed by atoms with Crippen LogP contribution < -0.4 is 11.1 Å². The summed E-state index contributed by atoms with van der Waals surface area (Å²) in [6, 6.07) is 6.21. The Morgan fingerprint density at radius 1 is 1.06 bits per heavy atom. The lowest BCUT2D eigenvalue weighted by Crippen LogP contribution is -2.45. The van der Waals surface area contributed by atoms with E-state index in [1.165, 1.54) is 16.7 Å². The number of halogens is 2. The van der Waals surface area contributed by atoms with Gasteiger partial charge in [0.05, 0.1) is 6.04 Å². The number of primary amides is 1. The lowest BCUT2D eigenvalue weighted by Gasteiger charge is -2.41. The summed E-state index contributed by atoms with van der Waals surface area (Å²) in [6.45, 7) is 2.91. The van der Waals surface area contributed by atoms with E-state index in [-0.39, 0.29) is 18.0 Å². The van der Waals surface area contributed by atoms with Crippen LogP contribution >= 0.6 is 27.5 Å². The van der Waals surface area contributed by atoms with E-state index in [2.05, 4.69) is 50.6 Å². The van der Waals surface area contributed by atoms with Gasteiger partial charge in [0.25, 0.3) is 0 Å². The summed E-state index contributed by atoms with van der Waals surface area (Å²) < 4.78 is 1.08. The Hall–Kier alpha value is -1.99. The molecule has 3 aliphatic heterocycles. The monoisotopic (exact) mass is 560 g/mol. The second-order valence-electron chi connectivity index (χ2n) is 10.4. The fourth-order valence-electron chi connectivity index (χ4n) is 6.51. The molecule has 6 nitrogen and oxygen atoms in total. The van der Waals surface area contributed by atoms with Gasteiger partial charge in [-0.25, -0.2) is 4.79 Å². The largest absolute Gasteiger partial charge is 0.383 e. The molecule has 3 N–H and O–H groups in total. The van der Waals surface area contributed by atoms with Crippen molar-refractivity contribution in [1.29, 1.82) is 0 Å². The van der Waals surface area contributed by atoms with E-state index >= 15 is 0 Å². The third-order valence-corrected chi connectivity index (χ3v) is 9.22. The average Bonchev–Trinajstić information content (AvgIpc) is 3.02.